The molecule has 0 bridgehead atoms. The third kappa shape index (κ3) is 3.69. The number of carbonyl (C=O) groups is 3. The molecule has 1 atom stereocenters. The van der Waals surface area contributed by atoms with Crippen molar-refractivity contribution in [2.45, 2.75) is 25.9 Å². The molecule has 3 aromatic rings. The van der Waals surface area contributed by atoms with Crippen molar-refractivity contribution in [1.29, 1.82) is 0 Å². The maximum Gasteiger partial charge on any atom is 0.257 e. The molecule has 0 saturated carbocycles. The standard InChI is InChI=1S/C23H20N2O4/c1-16-9-11-17(12-10-16)22(27)24(15-19-8-5-13-29-19)20-14-21(26)25(23(20)28)18-6-3-2-4-7-18/h2-13,20H,14-15H2,1H3. The normalized spacial score (nSPS) is 16.3. The number of rotatable bonds is 5. The summed E-state index contributed by atoms with van der Waals surface area (Å²) in [6.45, 7) is 2.04. The van der Waals surface area contributed by atoms with Gasteiger partial charge >= 0.3 is 0 Å². The number of nitrogens with zero attached hydrogens (tertiary/aromatic N) is 2. The summed E-state index contributed by atoms with van der Waals surface area (Å²) in [5.41, 5.74) is 1.99. The quantitative estimate of drug-likeness (QED) is 0.627. The lowest BCUT2D eigenvalue weighted by Gasteiger charge is -2.27. The van der Waals surface area contributed by atoms with E-state index in [0.717, 1.165) is 10.5 Å². The molecule has 6 heteroatoms. The Labute approximate surface area is 168 Å². The number of aryl methyl sites for hydroxylation is 1. The largest absolute Gasteiger partial charge is 0.467 e. The van der Waals surface area contributed by atoms with Crippen LogP contribution >= 0.6 is 0 Å². The van der Waals surface area contributed by atoms with E-state index in [1.807, 2.05) is 25.1 Å². The summed E-state index contributed by atoms with van der Waals surface area (Å²) >= 11 is 0. The van der Waals surface area contributed by atoms with E-state index in [1.54, 1.807) is 48.5 Å². The first kappa shape index (κ1) is 18.7. The number of benzene rings is 2. The van der Waals surface area contributed by atoms with Gasteiger partial charge in [0.05, 0.1) is 24.9 Å². The van der Waals surface area contributed by atoms with Gasteiger partial charge in [-0.2, -0.15) is 0 Å². The van der Waals surface area contributed by atoms with Crippen LogP contribution in [0.5, 0.6) is 0 Å². The molecule has 0 aliphatic carbocycles. The third-order valence-electron chi connectivity index (χ3n) is 4.98. The van der Waals surface area contributed by atoms with Crippen LogP contribution in [-0.4, -0.2) is 28.7 Å². The molecule has 0 N–H and O–H groups in total. The summed E-state index contributed by atoms with van der Waals surface area (Å²) in [5.74, 6) is -0.507. The lowest BCUT2D eigenvalue weighted by molar-refractivity contribution is -0.122. The van der Waals surface area contributed by atoms with E-state index in [1.165, 1.54) is 11.2 Å². The molecule has 1 aromatic heterocycles. The number of para-hydroxylation sites is 1. The van der Waals surface area contributed by atoms with Gasteiger partial charge in [-0.1, -0.05) is 35.9 Å². The highest BCUT2D eigenvalue weighted by atomic mass is 16.3. The molecule has 2 aromatic carbocycles. The zero-order chi connectivity index (χ0) is 20.4. The molecule has 1 fully saturated rings. The highest BCUT2D eigenvalue weighted by Crippen LogP contribution is 2.27. The molecule has 1 unspecified atom stereocenters. The highest BCUT2D eigenvalue weighted by molar-refractivity contribution is 6.23. The molecular weight excluding hydrogens is 368 g/mol. The predicted octanol–water partition coefficient (Wildman–Crippen LogP) is 3.56. The summed E-state index contributed by atoms with van der Waals surface area (Å²) in [5, 5.41) is 0. The fraction of sp³-hybridized carbons (Fsp3) is 0.174. The van der Waals surface area contributed by atoms with Crippen molar-refractivity contribution in [2.75, 3.05) is 4.90 Å². The van der Waals surface area contributed by atoms with Gasteiger partial charge in [-0.25, -0.2) is 4.90 Å². The summed E-state index contributed by atoms with van der Waals surface area (Å²) in [4.78, 5) is 41.7. The molecule has 1 aliphatic rings. The van der Waals surface area contributed by atoms with E-state index >= 15 is 0 Å². The van der Waals surface area contributed by atoms with E-state index in [9.17, 15) is 14.4 Å². The summed E-state index contributed by atoms with van der Waals surface area (Å²) in [6.07, 6.45) is 1.45. The summed E-state index contributed by atoms with van der Waals surface area (Å²) < 4.78 is 5.40. The number of anilines is 1. The van der Waals surface area contributed by atoms with Crippen LogP contribution in [0.1, 0.15) is 28.1 Å². The van der Waals surface area contributed by atoms with Gasteiger partial charge in [0.25, 0.3) is 11.8 Å². The minimum absolute atomic E-state index is 0.0635. The Morgan fingerprint density at radius 2 is 1.76 bits per heavy atom. The number of carbonyl (C=O) groups excluding carboxylic acids is 3. The van der Waals surface area contributed by atoms with Crippen LogP contribution in [0, 0.1) is 6.92 Å². The SMILES string of the molecule is Cc1ccc(C(=O)N(Cc2ccco2)C2CC(=O)N(c3ccccc3)C2=O)cc1. The molecule has 6 nitrogen and oxygen atoms in total. The zero-order valence-corrected chi connectivity index (χ0v) is 15.9. The Morgan fingerprint density at radius 3 is 2.41 bits per heavy atom. The second-order valence-corrected chi connectivity index (χ2v) is 7.00. The molecule has 146 valence electrons. The van der Waals surface area contributed by atoms with Crippen molar-refractivity contribution >= 4 is 23.4 Å². The molecule has 1 aliphatic heterocycles. The first-order valence-corrected chi connectivity index (χ1v) is 9.36. The minimum Gasteiger partial charge on any atom is -0.467 e. The highest BCUT2D eigenvalue weighted by Gasteiger charge is 2.44. The van der Waals surface area contributed by atoms with Crippen LogP contribution in [0.25, 0.3) is 0 Å². The number of hydrogen-bond acceptors (Lipinski definition) is 4. The van der Waals surface area contributed by atoms with E-state index in [2.05, 4.69) is 0 Å². The van der Waals surface area contributed by atoms with Crippen molar-refractivity contribution in [3.63, 3.8) is 0 Å². The van der Waals surface area contributed by atoms with E-state index in [-0.39, 0.29) is 24.8 Å². The van der Waals surface area contributed by atoms with Crippen LogP contribution in [0.15, 0.2) is 77.4 Å². The van der Waals surface area contributed by atoms with E-state index in [4.69, 9.17) is 4.42 Å². The van der Waals surface area contributed by atoms with Gasteiger partial charge in [0.15, 0.2) is 0 Å². The second kappa shape index (κ2) is 7.75. The zero-order valence-electron chi connectivity index (χ0n) is 15.9. The van der Waals surface area contributed by atoms with Gasteiger partial charge in [0.2, 0.25) is 5.91 Å². The lowest BCUT2D eigenvalue weighted by Crippen LogP contribution is -2.45. The first-order chi connectivity index (χ1) is 14.0. The van der Waals surface area contributed by atoms with Crippen molar-refractivity contribution < 1.29 is 18.8 Å². The number of furan rings is 1. The minimum atomic E-state index is -0.887. The molecule has 3 amide bonds. The molecule has 0 spiro atoms. The second-order valence-electron chi connectivity index (χ2n) is 7.00. The fourth-order valence-corrected chi connectivity index (χ4v) is 3.46. The molecule has 0 radical (unpaired) electrons. The fourth-order valence-electron chi connectivity index (χ4n) is 3.46. The van der Waals surface area contributed by atoms with Crippen molar-refractivity contribution in [2.24, 2.45) is 0 Å². The van der Waals surface area contributed by atoms with Gasteiger partial charge in [-0.3, -0.25) is 14.4 Å². The van der Waals surface area contributed by atoms with E-state index in [0.29, 0.717) is 17.0 Å². The third-order valence-corrected chi connectivity index (χ3v) is 4.98. The van der Waals surface area contributed by atoms with E-state index < -0.39 is 11.9 Å². The van der Waals surface area contributed by atoms with Gasteiger partial charge in [-0.05, 0) is 43.3 Å². The Morgan fingerprint density at radius 1 is 1.03 bits per heavy atom. The topological polar surface area (TPSA) is 70.8 Å². The monoisotopic (exact) mass is 388 g/mol. The first-order valence-electron chi connectivity index (χ1n) is 9.36. The Hall–Kier alpha value is -3.67. The van der Waals surface area contributed by atoms with Crippen LogP contribution in [-0.2, 0) is 16.1 Å². The molecule has 2 heterocycles. The Bertz CT molecular complexity index is 1030. The average molecular weight is 388 g/mol. The van der Waals surface area contributed by atoms with Gasteiger partial charge in [0.1, 0.15) is 11.8 Å². The Kier molecular flexibility index (Phi) is 4.99. The number of imide groups is 1. The number of amides is 3. The maximum absolute atomic E-state index is 13.3. The average Bonchev–Trinajstić information content (AvgIpc) is 3.34. The van der Waals surface area contributed by atoms with Crippen molar-refractivity contribution in [3.05, 3.63) is 89.9 Å². The van der Waals surface area contributed by atoms with Gasteiger partial charge in [0, 0.05) is 5.56 Å². The summed E-state index contributed by atoms with van der Waals surface area (Å²) in [7, 11) is 0. The smallest absolute Gasteiger partial charge is 0.257 e. The van der Waals surface area contributed by atoms with Crippen LogP contribution in [0.3, 0.4) is 0 Å². The molecule has 29 heavy (non-hydrogen) atoms. The van der Waals surface area contributed by atoms with Crippen molar-refractivity contribution in [1.82, 2.24) is 4.90 Å². The summed E-state index contributed by atoms with van der Waals surface area (Å²) in [6, 6.07) is 18.5. The van der Waals surface area contributed by atoms with Crippen LogP contribution in [0.4, 0.5) is 5.69 Å². The van der Waals surface area contributed by atoms with Crippen LogP contribution < -0.4 is 4.90 Å². The van der Waals surface area contributed by atoms with Crippen LogP contribution in [0.2, 0.25) is 0 Å². The molecule has 4 rings (SSSR count). The maximum atomic E-state index is 13.3. The van der Waals surface area contributed by atoms with Gasteiger partial charge < -0.3 is 9.32 Å². The van der Waals surface area contributed by atoms with Gasteiger partial charge in [-0.15, -0.1) is 0 Å². The molecular formula is C23H20N2O4. The predicted molar refractivity (Wildman–Crippen MR) is 107 cm³/mol. The molecule has 1 saturated heterocycles. The van der Waals surface area contributed by atoms with Crippen molar-refractivity contribution in [3.8, 4) is 0 Å². The Balaban J connectivity index is 1.67. The number of hydrogen-bond donors (Lipinski definition) is 0. The lowest BCUT2D eigenvalue weighted by atomic mass is 10.1.